The van der Waals surface area contributed by atoms with Crippen molar-refractivity contribution in [1.29, 1.82) is 0 Å². The SMILES string of the molecule is COC(=O)[C@@H](C)[C@H](c1ccc(CCC(=O)C2CCN(C(=O)OC(C)(C)C)CC2)c(O)c1)C1CC1C=CC(O)C1CC2(C1)CN(C(=O)OC(C)(C)C)C2. The molecule has 4 fully saturated rings. The number of likely N-dealkylation sites (tertiary alicyclic amines) is 2. The Labute approximate surface area is 309 Å². The molecule has 52 heavy (non-hydrogen) atoms. The number of aliphatic hydroxyl groups is 1. The van der Waals surface area contributed by atoms with Crippen molar-refractivity contribution in [3.05, 3.63) is 41.5 Å². The molecule has 2 aliphatic carbocycles. The van der Waals surface area contributed by atoms with Crippen LogP contribution in [0.25, 0.3) is 0 Å². The van der Waals surface area contributed by atoms with E-state index in [1.54, 1.807) is 15.9 Å². The molecule has 5 rings (SSSR count). The molecule has 1 aromatic rings. The number of aryl methyl sites for hydroxylation is 1. The molecule has 2 aliphatic heterocycles. The van der Waals surface area contributed by atoms with Gasteiger partial charge in [-0.2, -0.15) is 0 Å². The summed E-state index contributed by atoms with van der Waals surface area (Å²) in [4.78, 5) is 54.0. The molecule has 2 heterocycles. The highest BCUT2D eigenvalue weighted by molar-refractivity contribution is 5.81. The van der Waals surface area contributed by atoms with Crippen molar-refractivity contribution < 1.29 is 43.6 Å². The Morgan fingerprint density at radius 3 is 2.12 bits per heavy atom. The van der Waals surface area contributed by atoms with Crippen LogP contribution in [0.4, 0.5) is 9.59 Å². The standard InChI is InChI=1S/C41H60N2O9/c1-25(36(47)50-8)35(31-19-28(31)12-14-33(45)30-21-41(22-30)23-43(24-41)38(49)52-40(5,6)7)29-10-9-26(34(46)20-29)11-13-32(44)27-15-17-42(18-16-27)37(48)51-39(2,3)4/h9-10,12,14,20,25,27-28,30-31,33,35,45-46H,11,13,15-19,21-24H2,1-8H3/t25-,28?,31?,33?,35+/m0/s1. The molecule has 0 aromatic heterocycles. The van der Waals surface area contributed by atoms with E-state index in [9.17, 15) is 29.4 Å². The predicted octanol–water partition coefficient (Wildman–Crippen LogP) is 6.63. The van der Waals surface area contributed by atoms with Gasteiger partial charge in [-0.15, -0.1) is 0 Å². The van der Waals surface area contributed by atoms with E-state index in [-0.39, 0.29) is 64.7 Å². The van der Waals surface area contributed by atoms with Gasteiger partial charge in [0.2, 0.25) is 0 Å². The molecular weight excluding hydrogens is 664 g/mol. The van der Waals surface area contributed by atoms with E-state index >= 15 is 0 Å². The second-order valence-electron chi connectivity index (χ2n) is 17.9. The fraction of sp³-hybridized carbons (Fsp3) is 0.707. The van der Waals surface area contributed by atoms with Gasteiger partial charge in [-0.05, 0) is 115 Å². The first kappa shape index (κ1) is 39.6. The van der Waals surface area contributed by atoms with Gasteiger partial charge in [-0.3, -0.25) is 9.59 Å². The highest BCUT2D eigenvalue weighted by atomic mass is 16.6. The molecule has 2 saturated heterocycles. The highest BCUT2D eigenvalue weighted by Crippen LogP contribution is 2.55. The number of piperidine rings is 1. The number of esters is 1. The van der Waals surface area contributed by atoms with E-state index in [2.05, 4.69) is 6.08 Å². The number of aliphatic hydroxyl groups excluding tert-OH is 1. The summed E-state index contributed by atoms with van der Waals surface area (Å²) in [6.45, 7) is 15.3. The number of hydrogen-bond acceptors (Lipinski definition) is 9. The summed E-state index contributed by atoms with van der Waals surface area (Å²) in [6.07, 6.45) is 7.28. The van der Waals surface area contributed by atoms with Crippen molar-refractivity contribution in [1.82, 2.24) is 9.80 Å². The maximum Gasteiger partial charge on any atom is 0.410 e. The molecule has 0 radical (unpaired) electrons. The van der Waals surface area contributed by atoms with Crippen molar-refractivity contribution in [3.63, 3.8) is 0 Å². The van der Waals surface area contributed by atoms with Gasteiger partial charge in [0.1, 0.15) is 22.7 Å². The topological polar surface area (TPSA) is 143 Å². The monoisotopic (exact) mass is 724 g/mol. The molecule has 3 unspecified atom stereocenters. The van der Waals surface area contributed by atoms with E-state index in [1.165, 1.54) is 7.11 Å². The van der Waals surface area contributed by atoms with Gasteiger partial charge in [0, 0.05) is 49.9 Å². The van der Waals surface area contributed by atoms with Gasteiger partial charge < -0.3 is 34.2 Å². The van der Waals surface area contributed by atoms with Gasteiger partial charge in [0.15, 0.2) is 0 Å². The molecule has 2 amide bonds. The Morgan fingerprint density at radius 2 is 1.56 bits per heavy atom. The summed E-state index contributed by atoms with van der Waals surface area (Å²) in [5.74, 6) is -0.325. The van der Waals surface area contributed by atoms with Crippen LogP contribution >= 0.6 is 0 Å². The minimum Gasteiger partial charge on any atom is -0.508 e. The van der Waals surface area contributed by atoms with E-state index in [0.717, 1.165) is 24.8 Å². The Bertz CT molecular complexity index is 1500. The zero-order valence-corrected chi connectivity index (χ0v) is 32.4. The second kappa shape index (κ2) is 15.4. The van der Waals surface area contributed by atoms with Crippen LogP contribution in [-0.2, 0) is 30.2 Å². The summed E-state index contributed by atoms with van der Waals surface area (Å²) < 4.78 is 16.1. The number of carbonyl (C=O) groups is 4. The average Bonchev–Trinajstić information content (AvgIpc) is 3.78. The van der Waals surface area contributed by atoms with Crippen LogP contribution in [0.5, 0.6) is 5.75 Å². The molecule has 1 spiro atoms. The maximum atomic E-state index is 13.1. The number of allylic oxidation sites excluding steroid dienone is 1. The number of aromatic hydroxyl groups is 1. The fourth-order valence-corrected chi connectivity index (χ4v) is 8.47. The normalized spacial score (nSPS) is 23.7. The number of carbonyl (C=O) groups excluding carboxylic acids is 4. The number of benzene rings is 1. The van der Waals surface area contributed by atoms with Crippen molar-refractivity contribution in [3.8, 4) is 5.75 Å². The third-order valence-corrected chi connectivity index (χ3v) is 11.3. The third-order valence-electron chi connectivity index (χ3n) is 11.3. The van der Waals surface area contributed by atoms with Crippen LogP contribution in [0, 0.1) is 35.0 Å². The van der Waals surface area contributed by atoms with E-state index < -0.39 is 23.2 Å². The quantitative estimate of drug-likeness (QED) is 0.146. The van der Waals surface area contributed by atoms with Crippen LogP contribution in [0.3, 0.4) is 0 Å². The van der Waals surface area contributed by atoms with Gasteiger partial charge in [-0.25, -0.2) is 9.59 Å². The highest BCUT2D eigenvalue weighted by Gasteiger charge is 2.55. The van der Waals surface area contributed by atoms with Crippen molar-refractivity contribution in [2.45, 2.75) is 117 Å². The van der Waals surface area contributed by atoms with Crippen molar-refractivity contribution >= 4 is 23.9 Å². The van der Waals surface area contributed by atoms with Gasteiger partial charge in [0.25, 0.3) is 0 Å². The Balaban J connectivity index is 1.12. The number of rotatable bonds is 11. The summed E-state index contributed by atoms with van der Waals surface area (Å²) in [6, 6.07) is 5.53. The van der Waals surface area contributed by atoms with E-state index in [0.29, 0.717) is 57.4 Å². The van der Waals surface area contributed by atoms with Crippen LogP contribution in [0.15, 0.2) is 30.4 Å². The van der Waals surface area contributed by atoms with Gasteiger partial charge >= 0.3 is 18.2 Å². The molecule has 11 nitrogen and oxygen atoms in total. The second-order valence-corrected chi connectivity index (χ2v) is 17.9. The number of methoxy groups -OCH3 is 1. The summed E-state index contributed by atoms with van der Waals surface area (Å²) >= 11 is 0. The molecule has 2 N–H and O–H groups in total. The van der Waals surface area contributed by atoms with E-state index in [1.807, 2.05) is 66.7 Å². The fourth-order valence-electron chi connectivity index (χ4n) is 8.47. The summed E-state index contributed by atoms with van der Waals surface area (Å²) in [5, 5.41) is 22.0. The van der Waals surface area contributed by atoms with Crippen molar-refractivity contribution in [2.75, 3.05) is 33.3 Å². The molecule has 4 aliphatic rings. The minimum atomic E-state index is -0.567. The minimum absolute atomic E-state index is 0.0854. The number of phenolic OH excluding ortho intramolecular Hbond substituents is 1. The van der Waals surface area contributed by atoms with Gasteiger partial charge in [-0.1, -0.05) is 31.2 Å². The van der Waals surface area contributed by atoms with Crippen molar-refractivity contribution in [2.24, 2.45) is 35.0 Å². The Morgan fingerprint density at radius 1 is 0.962 bits per heavy atom. The zero-order chi connectivity index (χ0) is 38.2. The molecule has 288 valence electrons. The average molecular weight is 725 g/mol. The van der Waals surface area contributed by atoms with Crippen LogP contribution in [0.1, 0.15) is 104 Å². The number of nitrogens with zero attached hydrogens (tertiary/aromatic N) is 2. The lowest BCUT2D eigenvalue weighted by molar-refractivity contribution is -0.145. The lowest BCUT2D eigenvalue weighted by Gasteiger charge is -2.59. The number of hydrogen-bond donors (Lipinski definition) is 2. The summed E-state index contributed by atoms with van der Waals surface area (Å²) in [7, 11) is 1.38. The van der Waals surface area contributed by atoms with Gasteiger partial charge in [0.05, 0.1) is 19.1 Å². The first-order valence-electron chi connectivity index (χ1n) is 19.0. The van der Waals surface area contributed by atoms with Crippen LogP contribution in [-0.4, -0.2) is 94.5 Å². The molecule has 11 heteroatoms. The summed E-state index contributed by atoms with van der Waals surface area (Å²) in [5.41, 5.74) is 0.536. The van der Waals surface area contributed by atoms with E-state index in [4.69, 9.17) is 14.2 Å². The Hall–Kier alpha value is -3.60. The number of amides is 2. The molecule has 2 saturated carbocycles. The Kier molecular flexibility index (Phi) is 11.7. The zero-order valence-electron chi connectivity index (χ0n) is 32.4. The molecular formula is C41H60N2O9. The number of ketones is 1. The number of ether oxygens (including phenoxy) is 3. The van der Waals surface area contributed by atoms with Crippen LogP contribution in [0.2, 0.25) is 0 Å². The first-order chi connectivity index (χ1) is 24.3. The number of phenols is 1. The smallest absolute Gasteiger partial charge is 0.410 e. The lowest BCUT2D eigenvalue weighted by atomic mass is 9.56. The third kappa shape index (κ3) is 9.68. The predicted molar refractivity (Wildman–Crippen MR) is 196 cm³/mol. The number of Topliss-reactive ketones (excluding diaryl/α,β-unsaturated/α-hetero) is 1. The lowest BCUT2D eigenvalue weighted by Crippen LogP contribution is -2.65. The maximum absolute atomic E-state index is 13.1. The molecule has 5 atom stereocenters. The van der Waals surface area contributed by atoms with Crippen LogP contribution < -0.4 is 0 Å². The molecule has 0 bridgehead atoms. The molecule has 1 aromatic carbocycles. The largest absolute Gasteiger partial charge is 0.508 e. The first-order valence-corrected chi connectivity index (χ1v) is 19.0.